The lowest BCUT2D eigenvalue weighted by atomic mass is 9.91. The third-order valence-electron chi connectivity index (χ3n) is 6.17. The van der Waals surface area contributed by atoms with Crippen LogP contribution in [0.3, 0.4) is 0 Å². The molecule has 2 atom stereocenters. The summed E-state index contributed by atoms with van der Waals surface area (Å²) in [4.78, 5) is 14.2. The fraction of sp³-hybridized carbons (Fsp3) is 0.321. The van der Waals surface area contributed by atoms with E-state index < -0.39 is 12.0 Å². The van der Waals surface area contributed by atoms with Gasteiger partial charge in [-0.2, -0.15) is 0 Å². The van der Waals surface area contributed by atoms with Crippen LogP contribution in [0.1, 0.15) is 48.9 Å². The second kappa shape index (κ2) is 11.4. The summed E-state index contributed by atoms with van der Waals surface area (Å²) < 4.78 is 12.0. The number of nitrogens with zero attached hydrogens (tertiary/aromatic N) is 1. The van der Waals surface area contributed by atoms with Gasteiger partial charge in [0.15, 0.2) is 11.5 Å². The molecule has 1 aliphatic rings. The average Bonchev–Trinajstić information content (AvgIpc) is 2.86. The van der Waals surface area contributed by atoms with E-state index in [1.54, 1.807) is 0 Å². The number of rotatable bonds is 9. The van der Waals surface area contributed by atoms with Crippen molar-refractivity contribution in [2.24, 2.45) is 0 Å². The summed E-state index contributed by atoms with van der Waals surface area (Å²) in [6, 6.07) is 22.8. The molecule has 3 aromatic rings. The van der Waals surface area contributed by atoms with Gasteiger partial charge in [0, 0.05) is 5.02 Å². The maximum Gasteiger partial charge on any atom is 0.320 e. The van der Waals surface area contributed by atoms with E-state index in [-0.39, 0.29) is 6.04 Å². The molecule has 4 rings (SSSR count). The molecule has 0 radical (unpaired) electrons. The minimum Gasteiger partial charge on any atom is -0.490 e. The summed E-state index contributed by atoms with van der Waals surface area (Å²) in [5.74, 6) is 0.531. The molecule has 34 heavy (non-hydrogen) atoms. The minimum absolute atomic E-state index is 0.235. The molecule has 0 saturated carbocycles. The third kappa shape index (κ3) is 5.72. The van der Waals surface area contributed by atoms with Crippen LogP contribution in [0.15, 0.2) is 72.8 Å². The number of benzene rings is 3. The molecule has 0 amide bonds. The number of likely N-dealkylation sites (tertiary alicyclic amines) is 1. The Balaban J connectivity index is 1.70. The van der Waals surface area contributed by atoms with Crippen molar-refractivity contribution in [3.8, 4) is 11.5 Å². The molecule has 2 unspecified atom stereocenters. The third-order valence-corrected chi connectivity index (χ3v) is 6.42. The van der Waals surface area contributed by atoms with Crippen LogP contribution in [0.5, 0.6) is 11.5 Å². The Kier molecular flexibility index (Phi) is 8.09. The van der Waals surface area contributed by atoms with E-state index >= 15 is 0 Å². The molecule has 1 saturated heterocycles. The normalized spacial score (nSPS) is 17.2. The number of hydrogen-bond donors (Lipinski definition) is 1. The van der Waals surface area contributed by atoms with Gasteiger partial charge in [0.05, 0.1) is 12.6 Å². The maximum absolute atomic E-state index is 12.1. The van der Waals surface area contributed by atoms with Crippen LogP contribution >= 0.6 is 11.6 Å². The molecule has 0 aliphatic carbocycles. The summed E-state index contributed by atoms with van der Waals surface area (Å²) in [6.45, 7) is 3.59. The van der Waals surface area contributed by atoms with Gasteiger partial charge in [-0.1, -0.05) is 66.6 Å². The zero-order chi connectivity index (χ0) is 23.9. The minimum atomic E-state index is -0.786. The van der Waals surface area contributed by atoms with Crippen LogP contribution in [-0.4, -0.2) is 35.2 Å². The molecule has 1 fully saturated rings. The van der Waals surface area contributed by atoms with Crippen molar-refractivity contribution < 1.29 is 19.4 Å². The van der Waals surface area contributed by atoms with Crippen molar-refractivity contribution >= 4 is 17.6 Å². The lowest BCUT2D eigenvalue weighted by molar-refractivity contribution is -0.145. The van der Waals surface area contributed by atoms with E-state index in [1.165, 1.54) is 0 Å². The van der Waals surface area contributed by atoms with Crippen molar-refractivity contribution in [2.45, 2.75) is 44.9 Å². The molecule has 1 N–H and O–H groups in total. The molecule has 0 aromatic heterocycles. The number of ether oxygens (including phenoxy) is 2. The van der Waals surface area contributed by atoms with Crippen LogP contribution in [0.25, 0.3) is 0 Å². The summed E-state index contributed by atoms with van der Waals surface area (Å²) in [5.41, 5.74) is 3.04. The first-order chi connectivity index (χ1) is 16.6. The molecule has 178 valence electrons. The first-order valence-corrected chi connectivity index (χ1v) is 12.1. The zero-order valence-electron chi connectivity index (χ0n) is 19.3. The van der Waals surface area contributed by atoms with Crippen molar-refractivity contribution in [2.75, 3.05) is 13.2 Å². The van der Waals surface area contributed by atoms with Crippen molar-refractivity contribution in [1.29, 1.82) is 0 Å². The Labute approximate surface area is 205 Å². The van der Waals surface area contributed by atoms with Gasteiger partial charge in [0.25, 0.3) is 0 Å². The van der Waals surface area contributed by atoms with Gasteiger partial charge < -0.3 is 14.6 Å². The van der Waals surface area contributed by atoms with Crippen LogP contribution in [0.2, 0.25) is 5.02 Å². The highest BCUT2D eigenvalue weighted by atomic mass is 35.5. The van der Waals surface area contributed by atoms with Crippen molar-refractivity contribution in [3.63, 3.8) is 0 Å². The molecule has 1 aliphatic heterocycles. The topological polar surface area (TPSA) is 59.0 Å². The Morgan fingerprint density at radius 3 is 2.44 bits per heavy atom. The van der Waals surface area contributed by atoms with E-state index in [2.05, 4.69) is 4.90 Å². The van der Waals surface area contributed by atoms with Gasteiger partial charge in [0.2, 0.25) is 0 Å². The van der Waals surface area contributed by atoms with Crippen LogP contribution < -0.4 is 9.47 Å². The summed E-state index contributed by atoms with van der Waals surface area (Å²) >= 11 is 6.16. The first kappa shape index (κ1) is 24.1. The van der Waals surface area contributed by atoms with Crippen LogP contribution in [-0.2, 0) is 11.4 Å². The van der Waals surface area contributed by atoms with E-state index in [0.717, 1.165) is 29.5 Å². The maximum atomic E-state index is 12.1. The fourth-order valence-electron chi connectivity index (χ4n) is 4.57. The van der Waals surface area contributed by atoms with E-state index in [9.17, 15) is 9.90 Å². The smallest absolute Gasteiger partial charge is 0.320 e. The zero-order valence-corrected chi connectivity index (χ0v) is 20.1. The summed E-state index contributed by atoms with van der Waals surface area (Å²) in [6.07, 6.45) is 2.51. The number of halogens is 1. The second-order valence-corrected chi connectivity index (χ2v) is 8.89. The highest BCUT2D eigenvalue weighted by molar-refractivity contribution is 6.30. The summed E-state index contributed by atoms with van der Waals surface area (Å²) in [5, 5.41) is 10.6. The van der Waals surface area contributed by atoms with Gasteiger partial charge >= 0.3 is 5.97 Å². The number of carbonyl (C=O) groups is 1. The molecule has 0 bridgehead atoms. The Morgan fingerprint density at radius 2 is 1.74 bits per heavy atom. The van der Waals surface area contributed by atoms with Gasteiger partial charge in [-0.15, -0.1) is 0 Å². The molecule has 3 aromatic carbocycles. The standard InChI is InChI=1S/C28H30ClNO4/c1-2-33-26-18-22(13-16-25(26)34-19-20-8-4-3-5-9-20)27(21-11-14-23(29)15-12-21)30-17-7-6-10-24(30)28(31)32/h3-5,8-9,11-16,18,24,27H,2,6-7,10,17,19H2,1H3,(H,31,32). The SMILES string of the molecule is CCOc1cc(C(c2ccc(Cl)cc2)N2CCCCC2C(=O)O)ccc1OCc1ccccc1. The quantitative estimate of drug-likeness (QED) is 0.387. The van der Waals surface area contributed by atoms with Crippen LogP contribution in [0, 0.1) is 0 Å². The second-order valence-electron chi connectivity index (χ2n) is 8.46. The van der Waals surface area contributed by atoms with Gasteiger partial charge in [-0.25, -0.2) is 0 Å². The Morgan fingerprint density at radius 1 is 1.00 bits per heavy atom. The molecular formula is C28H30ClNO4. The highest BCUT2D eigenvalue weighted by Crippen LogP contribution is 2.39. The van der Waals surface area contributed by atoms with Gasteiger partial charge in [-0.3, -0.25) is 9.69 Å². The predicted molar refractivity (Wildman–Crippen MR) is 134 cm³/mol. The lowest BCUT2D eigenvalue weighted by Gasteiger charge is -2.39. The average molecular weight is 480 g/mol. The Bertz CT molecular complexity index is 1090. The number of carboxylic acid groups (broad SMARTS) is 1. The molecule has 5 nitrogen and oxygen atoms in total. The van der Waals surface area contributed by atoms with Gasteiger partial charge in [0.1, 0.15) is 12.6 Å². The number of piperidine rings is 1. The highest BCUT2D eigenvalue weighted by Gasteiger charge is 2.35. The number of hydrogen-bond acceptors (Lipinski definition) is 4. The van der Waals surface area contributed by atoms with E-state index in [4.69, 9.17) is 21.1 Å². The number of aliphatic carboxylic acids is 1. The fourth-order valence-corrected chi connectivity index (χ4v) is 4.69. The van der Waals surface area contributed by atoms with Gasteiger partial charge in [-0.05, 0) is 67.3 Å². The molecular weight excluding hydrogens is 450 g/mol. The van der Waals surface area contributed by atoms with Crippen LogP contribution in [0.4, 0.5) is 0 Å². The largest absolute Gasteiger partial charge is 0.490 e. The van der Waals surface area contributed by atoms with Crippen molar-refractivity contribution in [1.82, 2.24) is 4.90 Å². The molecule has 1 heterocycles. The monoisotopic (exact) mass is 479 g/mol. The van der Waals surface area contributed by atoms with Crippen molar-refractivity contribution in [3.05, 3.63) is 94.5 Å². The lowest BCUT2D eigenvalue weighted by Crippen LogP contribution is -2.46. The molecule has 6 heteroatoms. The molecule has 0 spiro atoms. The Hall–Kier alpha value is -3.02. The first-order valence-electron chi connectivity index (χ1n) is 11.7. The summed E-state index contributed by atoms with van der Waals surface area (Å²) in [7, 11) is 0. The predicted octanol–water partition coefficient (Wildman–Crippen LogP) is 6.35. The number of carboxylic acids is 1. The van der Waals surface area contributed by atoms with E-state index in [1.807, 2.05) is 79.7 Å². The van der Waals surface area contributed by atoms with E-state index in [0.29, 0.717) is 42.7 Å².